The summed E-state index contributed by atoms with van der Waals surface area (Å²) in [6, 6.07) is 0. The molecule has 14 heavy (non-hydrogen) atoms. The number of hydrogen-bond acceptors (Lipinski definition) is 3. The van der Waals surface area contributed by atoms with Gasteiger partial charge in [-0.15, -0.1) is 0 Å². The Labute approximate surface area is 82.5 Å². The van der Waals surface area contributed by atoms with Gasteiger partial charge in [-0.2, -0.15) is 0 Å². The molecule has 0 heterocycles. The molecular formula is C7H15O6P. The molecule has 6 nitrogen and oxygen atoms in total. The fourth-order valence-electron chi connectivity index (χ4n) is 0.210. The van der Waals surface area contributed by atoms with Crippen LogP contribution < -0.4 is 0 Å². The molecule has 84 valence electrons. The van der Waals surface area contributed by atoms with E-state index in [0.29, 0.717) is 6.42 Å². The van der Waals surface area contributed by atoms with Gasteiger partial charge in [0.05, 0.1) is 6.61 Å². The predicted octanol–water partition coefficient (Wildman–Crippen LogP) is 1.15. The summed E-state index contributed by atoms with van der Waals surface area (Å²) >= 11 is 0. The maximum Gasteiger partial charge on any atom is 0.469 e. The van der Waals surface area contributed by atoms with Crippen molar-refractivity contribution in [1.29, 1.82) is 0 Å². The van der Waals surface area contributed by atoms with Crippen molar-refractivity contribution in [2.75, 3.05) is 6.61 Å². The predicted molar refractivity (Wildman–Crippen MR) is 50.7 cm³/mol. The molecule has 0 unspecified atom stereocenters. The minimum atomic E-state index is -4.18. The van der Waals surface area contributed by atoms with Gasteiger partial charge in [0.15, 0.2) is 0 Å². The first-order chi connectivity index (χ1) is 6.20. The van der Waals surface area contributed by atoms with Gasteiger partial charge in [-0.25, -0.2) is 9.36 Å². The van der Waals surface area contributed by atoms with Crippen molar-refractivity contribution >= 4 is 13.8 Å². The molecule has 3 N–H and O–H groups in total. The molecule has 0 saturated carbocycles. The Hall–Kier alpha value is -0.680. The van der Waals surface area contributed by atoms with Crippen molar-refractivity contribution < 1.29 is 28.8 Å². The van der Waals surface area contributed by atoms with Crippen molar-refractivity contribution in [2.45, 2.75) is 20.3 Å². The zero-order valence-corrected chi connectivity index (χ0v) is 9.03. The maximum absolute atomic E-state index is 9.86. The van der Waals surface area contributed by atoms with Crippen LogP contribution in [0, 0.1) is 0 Å². The molecule has 0 aromatic rings. The van der Waals surface area contributed by atoms with Gasteiger partial charge in [0, 0.05) is 5.57 Å². The van der Waals surface area contributed by atoms with Crippen LogP contribution in [0.2, 0.25) is 0 Å². The Balaban J connectivity index is 0. The summed E-state index contributed by atoms with van der Waals surface area (Å²) in [6.07, 6.45) is 0.616. The number of carboxylic acid groups (broad SMARTS) is 1. The summed E-state index contributed by atoms with van der Waals surface area (Å²) in [6.45, 7) is 6.49. The molecule has 0 radical (unpaired) electrons. The van der Waals surface area contributed by atoms with Crippen molar-refractivity contribution in [3.8, 4) is 0 Å². The molecule has 0 aromatic carbocycles. The van der Waals surface area contributed by atoms with Crippen LogP contribution in [0.5, 0.6) is 0 Å². The number of carbonyl (C=O) groups is 1. The Kier molecular flexibility index (Phi) is 8.68. The van der Waals surface area contributed by atoms with Crippen LogP contribution in [0.3, 0.4) is 0 Å². The molecule has 0 bridgehead atoms. The van der Waals surface area contributed by atoms with E-state index in [1.165, 1.54) is 6.92 Å². The summed E-state index contributed by atoms with van der Waals surface area (Å²) in [5.41, 5.74) is 0.176. The molecule has 7 heteroatoms. The van der Waals surface area contributed by atoms with Gasteiger partial charge in [0.2, 0.25) is 0 Å². The van der Waals surface area contributed by atoms with E-state index in [1.807, 2.05) is 0 Å². The highest BCUT2D eigenvalue weighted by Gasteiger charge is 2.11. The first-order valence-corrected chi connectivity index (χ1v) is 5.32. The number of rotatable bonds is 4. The highest BCUT2D eigenvalue weighted by molar-refractivity contribution is 7.46. The minimum absolute atomic E-state index is 0.115. The van der Waals surface area contributed by atoms with Crippen LogP contribution in [-0.2, 0) is 13.9 Å². The molecule has 0 rings (SSSR count). The topological polar surface area (TPSA) is 104 Å². The zero-order chi connectivity index (χ0) is 11.8. The SMILES string of the molecule is C=C(C)C(=O)O.CCCOP(=O)(O)O. The van der Waals surface area contributed by atoms with Crippen LogP contribution in [0.15, 0.2) is 12.2 Å². The monoisotopic (exact) mass is 226 g/mol. The third-order valence-corrected chi connectivity index (χ3v) is 1.35. The number of aliphatic carboxylic acids is 1. The Morgan fingerprint density at radius 3 is 1.93 bits per heavy atom. The van der Waals surface area contributed by atoms with E-state index in [1.54, 1.807) is 6.92 Å². The van der Waals surface area contributed by atoms with E-state index in [2.05, 4.69) is 11.1 Å². The molecule has 0 aromatic heterocycles. The lowest BCUT2D eigenvalue weighted by molar-refractivity contribution is -0.132. The van der Waals surface area contributed by atoms with E-state index in [9.17, 15) is 9.36 Å². The number of phosphoric acid groups is 1. The summed E-state index contributed by atoms with van der Waals surface area (Å²) in [5.74, 6) is -0.935. The molecule has 0 saturated heterocycles. The second kappa shape index (κ2) is 7.70. The fraction of sp³-hybridized carbons (Fsp3) is 0.571. The fourth-order valence-corrected chi connectivity index (χ4v) is 0.631. The smallest absolute Gasteiger partial charge is 0.469 e. The first-order valence-electron chi connectivity index (χ1n) is 3.79. The number of carboxylic acids is 1. The standard InChI is InChI=1S/C4H6O2.C3H9O4P/c1-3(2)4(5)6;1-2-3-7-8(4,5)6/h1H2,2H3,(H,5,6);2-3H2,1H3,(H2,4,5,6). The number of phosphoric ester groups is 1. The molecule has 0 aliphatic heterocycles. The van der Waals surface area contributed by atoms with Gasteiger partial charge in [0.1, 0.15) is 0 Å². The molecule has 0 fully saturated rings. The van der Waals surface area contributed by atoms with Gasteiger partial charge in [-0.05, 0) is 13.3 Å². The van der Waals surface area contributed by atoms with Gasteiger partial charge in [0.25, 0.3) is 0 Å². The summed E-state index contributed by atoms with van der Waals surface area (Å²) < 4.78 is 13.9. The normalized spacial score (nSPS) is 10.0. The summed E-state index contributed by atoms with van der Waals surface area (Å²) in [4.78, 5) is 25.7. The van der Waals surface area contributed by atoms with Crippen LogP contribution in [0.1, 0.15) is 20.3 Å². The van der Waals surface area contributed by atoms with Crippen molar-refractivity contribution in [3.63, 3.8) is 0 Å². The van der Waals surface area contributed by atoms with E-state index in [-0.39, 0.29) is 12.2 Å². The molecular weight excluding hydrogens is 211 g/mol. The van der Waals surface area contributed by atoms with Crippen molar-refractivity contribution in [3.05, 3.63) is 12.2 Å². The Morgan fingerprint density at radius 2 is 1.86 bits per heavy atom. The van der Waals surface area contributed by atoms with E-state index < -0.39 is 13.8 Å². The van der Waals surface area contributed by atoms with E-state index in [0.717, 1.165) is 0 Å². The minimum Gasteiger partial charge on any atom is -0.478 e. The maximum atomic E-state index is 9.86. The molecule has 0 spiro atoms. The second-order valence-corrected chi connectivity index (χ2v) is 3.65. The quantitative estimate of drug-likeness (QED) is 0.490. The zero-order valence-electron chi connectivity index (χ0n) is 8.13. The highest BCUT2D eigenvalue weighted by atomic mass is 31.2. The van der Waals surface area contributed by atoms with Gasteiger partial charge >= 0.3 is 13.8 Å². The third kappa shape index (κ3) is 17.4. The summed E-state index contributed by atoms with van der Waals surface area (Å²) in [5, 5.41) is 7.89. The Bertz CT molecular complexity index is 218. The summed E-state index contributed by atoms with van der Waals surface area (Å²) in [7, 11) is -4.18. The molecule has 0 aliphatic carbocycles. The largest absolute Gasteiger partial charge is 0.478 e. The van der Waals surface area contributed by atoms with E-state index in [4.69, 9.17) is 14.9 Å². The lowest BCUT2D eigenvalue weighted by Gasteiger charge is -2.00. The average molecular weight is 226 g/mol. The van der Waals surface area contributed by atoms with Gasteiger partial charge in [-0.3, -0.25) is 4.52 Å². The average Bonchev–Trinajstić information content (AvgIpc) is 2.00. The first kappa shape index (κ1) is 15.8. The lowest BCUT2D eigenvalue weighted by Crippen LogP contribution is -1.92. The van der Waals surface area contributed by atoms with Crippen LogP contribution in [0.4, 0.5) is 0 Å². The van der Waals surface area contributed by atoms with Crippen LogP contribution >= 0.6 is 7.82 Å². The van der Waals surface area contributed by atoms with Crippen molar-refractivity contribution in [2.24, 2.45) is 0 Å². The second-order valence-electron chi connectivity index (χ2n) is 2.41. The molecule has 0 atom stereocenters. The van der Waals surface area contributed by atoms with Crippen LogP contribution in [0.25, 0.3) is 0 Å². The third-order valence-electron chi connectivity index (χ3n) is 0.829. The molecule has 0 aliphatic rings. The number of hydrogen-bond donors (Lipinski definition) is 3. The Morgan fingerprint density at radius 1 is 1.50 bits per heavy atom. The lowest BCUT2D eigenvalue weighted by atomic mass is 10.4. The highest BCUT2D eigenvalue weighted by Crippen LogP contribution is 2.35. The van der Waals surface area contributed by atoms with Gasteiger partial charge in [-0.1, -0.05) is 13.5 Å². The van der Waals surface area contributed by atoms with Crippen LogP contribution in [-0.4, -0.2) is 27.5 Å². The van der Waals surface area contributed by atoms with Crippen molar-refractivity contribution in [1.82, 2.24) is 0 Å². The van der Waals surface area contributed by atoms with Gasteiger partial charge < -0.3 is 14.9 Å². The van der Waals surface area contributed by atoms with E-state index >= 15 is 0 Å². The molecule has 0 amide bonds.